The minimum absolute atomic E-state index is 0. The Hall–Kier alpha value is -5.32. The molecular weight excluding hydrogens is 662 g/mol. The zero-order chi connectivity index (χ0) is 32.6. The Bertz CT molecular complexity index is 2170. The van der Waals surface area contributed by atoms with Crippen LogP contribution >= 0.6 is 0 Å². The predicted octanol–water partition coefficient (Wildman–Crippen LogP) is 6.45. The molecule has 0 spiro atoms. The van der Waals surface area contributed by atoms with Crippen molar-refractivity contribution in [2.24, 2.45) is 0 Å². The molecule has 10 nitrogen and oxygen atoms in total. The Morgan fingerprint density at radius 3 is 1.00 bits per heavy atom. The van der Waals surface area contributed by atoms with Crippen LogP contribution in [0.1, 0.15) is 13.8 Å². The van der Waals surface area contributed by atoms with Crippen LogP contribution in [0.4, 0.5) is 0 Å². The number of hydrogen-bond acceptors (Lipinski definition) is 8. The third-order valence-electron chi connectivity index (χ3n) is 8.64. The molecule has 11 heteroatoms. The fourth-order valence-electron chi connectivity index (χ4n) is 6.14. The molecule has 0 aliphatic carbocycles. The maximum Gasteiger partial charge on any atom is 2.00 e. The molecule has 1 N–H and O–H groups in total. The first-order valence-electron chi connectivity index (χ1n) is 16.1. The molecule has 0 saturated carbocycles. The van der Waals surface area contributed by atoms with Gasteiger partial charge in [0.1, 0.15) is 0 Å². The third-order valence-corrected chi connectivity index (χ3v) is 8.64. The van der Waals surface area contributed by atoms with Crippen molar-refractivity contribution in [3.8, 4) is 45.6 Å². The van der Waals surface area contributed by atoms with E-state index in [-0.39, 0.29) is 23.7 Å². The van der Waals surface area contributed by atoms with Gasteiger partial charge in [-0.1, -0.05) is 111 Å². The van der Waals surface area contributed by atoms with Crippen LogP contribution in [-0.4, -0.2) is 66.2 Å². The summed E-state index contributed by atoms with van der Waals surface area (Å²) in [5.41, 5.74) is 5.78. The van der Waals surface area contributed by atoms with Crippen molar-refractivity contribution in [3.63, 3.8) is 0 Å². The number of aromatic nitrogens is 8. The maximum absolute atomic E-state index is 8.46. The van der Waals surface area contributed by atoms with E-state index in [0.717, 1.165) is 63.4 Å². The molecule has 245 valence electrons. The molecular formula is C38H31CuN9O. The molecule has 2 aliphatic heterocycles. The Balaban J connectivity index is 0.000000378. The van der Waals surface area contributed by atoms with Crippen LogP contribution in [0, 0.1) is 0 Å². The van der Waals surface area contributed by atoms with E-state index in [1.165, 1.54) is 0 Å². The van der Waals surface area contributed by atoms with Gasteiger partial charge in [0.15, 0.2) is 0 Å². The summed E-state index contributed by atoms with van der Waals surface area (Å²) < 4.78 is 0. The van der Waals surface area contributed by atoms with Crippen LogP contribution in [0.15, 0.2) is 97.1 Å². The van der Waals surface area contributed by atoms with Crippen molar-refractivity contribution in [2.45, 2.75) is 13.8 Å². The van der Waals surface area contributed by atoms with Crippen LogP contribution in [0.5, 0.6) is 0 Å². The molecule has 7 aromatic rings. The quantitative estimate of drug-likeness (QED) is 0.206. The molecule has 0 saturated heterocycles. The first kappa shape index (κ1) is 32.2. The normalized spacial score (nSPS) is 11.5. The first-order valence-corrected chi connectivity index (χ1v) is 16.1. The molecule has 8 bridgehead atoms. The van der Waals surface area contributed by atoms with E-state index in [1.54, 1.807) is 0 Å². The summed E-state index contributed by atoms with van der Waals surface area (Å²) in [4.78, 5) is 41.5. The van der Waals surface area contributed by atoms with Crippen LogP contribution in [0.2, 0.25) is 0 Å². The summed E-state index contributed by atoms with van der Waals surface area (Å²) >= 11 is 0. The van der Waals surface area contributed by atoms with Gasteiger partial charge in [0.2, 0.25) is 0 Å². The van der Waals surface area contributed by atoms with Crippen molar-refractivity contribution >= 4 is 44.1 Å². The zero-order valence-electron chi connectivity index (χ0n) is 26.8. The Labute approximate surface area is 292 Å². The molecule has 0 amide bonds. The number of aliphatic hydroxyl groups excluding tert-OH is 1. The van der Waals surface area contributed by atoms with Gasteiger partial charge in [0.05, 0.1) is 29.9 Å². The topological polar surface area (TPSA) is 129 Å². The van der Waals surface area contributed by atoms with Gasteiger partial charge in [-0.3, -0.25) is 0 Å². The monoisotopic (exact) mass is 692 g/mol. The Morgan fingerprint density at radius 2 is 0.755 bits per heavy atom. The second-order valence-corrected chi connectivity index (χ2v) is 11.4. The summed E-state index contributed by atoms with van der Waals surface area (Å²) in [5, 5.41) is 12.0. The zero-order valence-corrected chi connectivity index (χ0v) is 27.8. The minimum atomic E-state index is 0. The van der Waals surface area contributed by atoms with E-state index >= 15 is 0 Å². The molecule has 4 aromatic carbocycles. The number of hydrogen-bond donors (Lipinski definition) is 1. The predicted molar refractivity (Wildman–Crippen MR) is 189 cm³/mol. The van der Waals surface area contributed by atoms with Crippen molar-refractivity contribution in [1.29, 1.82) is 0 Å². The summed E-state index contributed by atoms with van der Waals surface area (Å²) in [6, 6.07) is 31.8. The minimum Gasteiger partial charge on any atom is -0.395 e. The van der Waals surface area contributed by atoms with E-state index < -0.39 is 0 Å². The van der Waals surface area contributed by atoms with Gasteiger partial charge in [-0.2, -0.15) is 0 Å². The van der Waals surface area contributed by atoms with Crippen molar-refractivity contribution in [3.05, 3.63) is 97.1 Å². The largest absolute Gasteiger partial charge is 2.00 e. The Morgan fingerprint density at radius 1 is 0.469 bits per heavy atom. The molecule has 2 aliphatic rings. The average Bonchev–Trinajstić information content (AvgIpc) is 3.87. The fraction of sp³-hybridized carbons (Fsp3) is 0.158. The number of fused-ring (bicyclic) bond motifs is 20. The van der Waals surface area contributed by atoms with Crippen LogP contribution in [0.25, 0.3) is 89.7 Å². The van der Waals surface area contributed by atoms with Gasteiger partial charge >= 0.3 is 17.1 Å². The summed E-state index contributed by atoms with van der Waals surface area (Å²) in [6.07, 6.45) is 0. The number of aliphatic hydroxyl groups is 1. The summed E-state index contributed by atoms with van der Waals surface area (Å²) in [5.74, 6) is 2.21. The van der Waals surface area contributed by atoms with Crippen molar-refractivity contribution in [2.75, 3.05) is 26.2 Å². The average molecular weight is 693 g/mol. The van der Waals surface area contributed by atoms with E-state index in [0.29, 0.717) is 45.9 Å². The molecule has 0 unspecified atom stereocenters. The number of nitrogens with zero attached hydrogens (tertiary/aromatic N) is 9. The first-order chi connectivity index (χ1) is 23.6. The van der Waals surface area contributed by atoms with E-state index in [2.05, 4.69) is 18.7 Å². The Kier molecular flexibility index (Phi) is 8.99. The van der Waals surface area contributed by atoms with Gasteiger partial charge < -0.3 is 39.9 Å². The van der Waals surface area contributed by atoms with Crippen molar-refractivity contribution in [1.82, 2.24) is 44.8 Å². The number of likely N-dealkylation sites (N-methyl/N-ethyl adjacent to an activating group) is 1. The summed E-state index contributed by atoms with van der Waals surface area (Å²) in [6.45, 7) is 7.36. The third kappa shape index (κ3) is 5.87. The molecule has 5 heterocycles. The van der Waals surface area contributed by atoms with E-state index in [4.69, 9.17) is 45.0 Å². The van der Waals surface area contributed by atoms with Crippen molar-refractivity contribution < 1.29 is 22.2 Å². The standard InChI is InChI=1S/C32H16N8.C6H15NO.Cu/c1-2-10-18-17(9-1)25-33-26(18)38-28-21-13-5-6-14-22(21)30(35-28)40-32-24-16-8-7-15-23(24)31(36-32)39-29-20-12-4-3-11-19(20)27(34-29)37-25;1-3-7(4-2)5-6-8;/h1-16H;8H,3-6H2,1-2H3;/q-2;;+2. The summed E-state index contributed by atoms with van der Waals surface area (Å²) in [7, 11) is 0. The van der Waals surface area contributed by atoms with E-state index in [1.807, 2.05) is 97.1 Å². The molecule has 1 radical (unpaired) electrons. The van der Waals surface area contributed by atoms with Gasteiger partial charge in [-0.15, -0.1) is 0 Å². The van der Waals surface area contributed by atoms with Crippen LogP contribution < -0.4 is 9.97 Å². The fourth-order valence-corrected chi connectivity index (χ4v) is 6.14. The molecule has 0 fully saturated rings. The molecule has 0 atom stereocenters. The maximum atomic E-state index is 8.46. The second kappa shape index (κ2) is 13.7. The van der Waals surface area contributed by atoms with Crippen LogP contribution in [0.3, 0.4) is 0 Å². The van der Waals surface area contributed by atoms with Gasteiger partial charge in [0.25, 0.3) is 0 Å². The second-order valence-electron chi connectivity index (χ2n) is 11.4. The van der Waals surface area contributed by atoms with Crippen LogP contribution in [-0.2, 0) is 17.1 Å². The van der Waals surface area contributed by atoms with Gasteiger partial charge in [-0.25, -0.2) is 9.97 Å². The number of benzene rings is 4. The number of rotatable bonds is 4. The van der Waals surface area contributed by atoms with Gasteiger partial charge in [-0.05, 0) is 34.6 Å². The smallest absolute Gasteiger partial charge is 0.395 e. The van der Waals surface area contributed by atoms with Gasteiger partial charge in [0, 0.05) is 51.4 Å². The van der Waals surface area contributed by atoms with E-state index in [9.17, 15) is 0 Å². The molecule has 3 aromatic heterocycles. The molecule has 49 heavy (non-hydrogen) atoms. The molecule has 9 rings (SSSR count). The SMILES string of the molecule is CCN(CC)CCO.[Cu+2].c1ccc2c(c1)-c1nc-2nc2[n-]c(nc3nc(nc4[n-]c(n1)c1ccccc41)-c1ccccc1-3)c1ccccc21.